The van der Waals surface area contributed by atoms with Gasteiger partial charge in [0.25, 0.3) is 5.91 Å². The molecule has 7 heteroatoms. The molecular weight excluding hydrogens is 286 g/mol. The Labute approximate surface area is 130 Å². The summed E-state index contributed by atoms with van der Waals surface area (Å²) in [7, 11) is 5.64. The van der Waals surface area contributed by atoms with Crippen LogP contribution < -0.4 is 10.6 Å². The molecule has 6 nitrogen and oxygen atoms in total. The largest absolute Gasteiger partial charge is 0.382 e. The first-order valence-corrected chi connectivity index (χ1v) is 8.18. The highest BCUT2D eigenvalue weighted by Crippen LogP contribution is 2.28. The number of likely N-dealkylation sites (tertiary alicyclic amines) is 1. The zero-order valence-corrected chi connectivity index (χ0v) is 14.1. The number of amides is 1. The van der Waals surface area contributed by atoms with Gasteiger partial charge < -0.3 is 15.5 Å². The van der Waals surface area contributed by atoms with Crippen LogP contribution in [0, 0.1) is 0 Å². The second-order valence-electron chi connectivity index (χ2n) is 5.72. The van der Waals surface area contributed by atoms with Crippen LogP contribution in [0.25, 0.3) is 0 Å². The Morgan fingerprint density at radius 2 is 2.19 bits per heavy atom. The van der Waals surface area contributed by atoms with Crippen LogP contribution in [0.15, 0.2) is 0 Å². The summed E-state index contributed by atoms with van der Waals surface area (Å²) in [6.07, 6.45) is 2.38. The number of hydrogen-bond donors (Lipinski definition) is 1. The topological polar surface area (TPSA) is 65.7 Å². The van der Waals surface area contributed by atoms with E-state index in [4.69, 9.17) is 5.73 Å². The van der Waals surface area contributed by atoms with Gasteiger partial charge in [0.1, 0.15) is 10.7 Å². The predicted molar refractivity (Wildman–Crippen MR) is 88.1 cm³/mol. The normalized spacial score (nSPS) is 19.0. The number of rotatable bonds is 5. The SMILES string of the molecule is CCN1CCCC1CN(C)C(=O)c1sc(N(C)C)nc1N. The van der Waals surface area contributed by atoms with Gasteiger partial charge in [0.2, 0.25) is 0 Å². The highest BCUT2D eigenvalue weighted by Gasteiger charge is 2.27. The van der Waals surface area contributed by atoms with E-state index in [1.54, 1.807) is 4.90 Å². The number of nitrogens with two attached hydrogens (primary N) is 1. The third-order valence-corrected chi connectivity index (χ3v) is 5.18. The molecule has 0 radical (unpaired) electrons. The molecule has 21 heavy (non-hydrogen) atoms. The van der Waals surface area contributed by atoms with Crippen molar-refractivity contribution < 1.29 is 4.79 Å². The van der Waals surface area contributed by atoms with E-state index < -0.39 is 0 Å². The van der Waals surface area contributed by atoms with Gasteiger partial charge in [-0.2, -0.15) is 0 Å². The molecule has 1 atom stereocenters. The number of hydrogen-bond acceptors (Lipinski definition) is 6. The zero-order chi connectivity index (χ0) is 15.6. The number of carbonyl (C=O) groups excluding carboxylic acids is 1. The number of nitrogens with zero attached hydrogens (tertiary/aromatic N) is 4. The summed E-state index contributed by atoms with van der Waals surface area (Å²) in [6, 6.07) is 0.464. The molecule has 1 aliphatic heterocycles. The fourth-order valence-electron chi connectivity index (χ4n) is 2.76. The molecule has 1 aromatic heterocycles. The molecule has 0 spiro atoms. The van der Waals surface area contributed by atoms with E-state index in [0.29, 0.717) is 16.7 Å². The van der Waals surface area contributed by atoms with Crippen LogP contribution in [0.2, 0.25) is 0 Å². The molecule has 1 unspecified atom stereocenters. The second kappa shape index (κ2) is 6.62. The van der Waals surface area contributed by atoms with E-state index in [1.807, 2.05) is 26.0 Å². The minimum absolute atomic E-state index is 0.0268. The van der Waals surface area contributed by atoms with Crippen LogP contribution in [0.4, 0.5) is 10.9 Å². The number of carbonyl (C=O) groups is 1. The number of thiazole rings is 1. The molecule has 1 amide bonds. The Bertz CT molecular complexity index is 502. The maximum absolute atomic E-state index is 12.6. The van der Waals surface area contributed by atoms with Gasteiger partial charge in [0, 0.05) is 33.7 Å². The number of likely N-dealkylation sites (N-methyl/N-ethyl adjacent to an activating group) is 2. The van der Waals surface area contributed by atoms with Crippen molar-refractivity contribution in [2.24, 2.45) is 0 Å². The summed E-state index contributed by atoms with van der Waals surface area (Å²) >= 11 is 1.35. The fourth-order valence-corrected chi connectivity index (χ4v) is 3.66. The van der Waals surface area contributed by atoms with Gasteiger partial charge in [-0.25, -0.2) is 4.98 Å². The van der Waals surface area contributed by atoms with Gasteiger partial charge in [-0.3, -0.25) is 9.69 Å². The molecule has 1 aromatic rings. The third kappa shape index (κ3) is 3.47. The van der Waals surface area contributed by atoms with Crippen molar-refractivity contribution in [1.82, 2.24) is 14.8 Å². The van der Waals surface area contributed by atoms with Gasteiger partial charge in [-0.05, 0) is 25.9 Å². The first kappa shape index (κ1) is 16.0. The van der Waals surface area contributed by atoms with Crippen LogP contribution in [-0.2, 0) is 0 Å². The molecule has 1 fully saturated rings. The molecule has 2 heterocycles. The highest BCUT2D eigenvalue weighted by molar-refractivity contribution is 7.18. The van der Waals surface area contributed by atoms with Crippen LogP contribution in [0.1, 0.15) is 29.4 Å². The summed E-state index contributed by atoms with van der Waals surface area (Å²) in [5.41, 5.74) is 5.89. The third-order valence-electron chi connectivity index (χ3n) is 3.96. The van der Waals surface area contributed by atoms with Crippen molar-refractivity contribution in [3.63, 3.8) is 0 Å². The van der Waals surface area contributed by atoms with Crippen LogP contribution in [0.3, 0.4) is 0 Å². The maximum atomic E-state index is 12.6. The second-order valence-corrected chi connectivity index (χ2v) is 6.69. The summed E-state index contributed by atoms with van der Waals surface area (Å²) in [5.74, 6) is 0.306. The van der Waals surface area contributed by atoms with Crippen LogP contribution in [0.5, 0.6) is 0 Å². The minimum atomic E-state index is -0.0268. The average molecular weight is 311 g/mol. The number of anilines is 2. The van der Waals surface area contributed by atoms with Gasteiger partial charge in [0.05, 0.1) is 0 Å². The lowest BCUT2D eigenvalue weighted by Gasteiger charge is -2.27. The summed E-state index contributed by atoms with van der Waals surface area (Å²) in [5, 5.41) is 0.764. The first-order chi connectivity index (χ1) is 9.93. The van der Waals surface area contributed by atoms with Crippen molar-refractivity contribution in [1.29, 1.82) is 0 Å². The fraction of sp³-hybridized carbons (Fsp3) is 0.714. The highest BCUT2D eigenvalue weighted by atomic mass is 32.1. The van der Waals surface area contributed by atoms with Gasteiger partial charge in [-0.15, -0.1) is 0 Å². The number of nitrogen functional groups attached to an aromatic ring is 1. The Balaban J connectivity index is 2.05. The standard InChI is InChI=1S/C14H25N5OS/c1-5-19-8-6-7-10(19)9-18(4)13(20)11-12(15)16-14(21-11)17(2)3/h10H,5-9,15H2,1-4H3. The van der Waals surface area contributed by atoms with E-state index in [-0.39, 0.29) is 5.91 Å². The van der Waals surface area contributed by atoms with Gasteiger partial charge in [-0.1, -0.05) is 18.3 Å². The van der Waals surface area contributed by atoms with Crippen molar-refractivity contribution in [3.8, 4) is 0 Å². The molecule has 0 aromatic carbocycles. The lowest BCUT2D eigenvalue weighted by molar-refractivity contribution is 0.0760. The van der Waals surface area contributed by atoms with Crippen molar-refractivity contribution in [3.05, 3.63) is 4.88 Å². The predicted octanol–water partition coefficient (Wildman–Crippen LogP) is 1.35. The Hall–Kier alpha value is -1.34. The van der Waals surface area contributed by atoms with E-state index >= 15 is 0 Å². The zero-order valence-electron chi connectivity index (χ0n) is 13.3. The molecule has 1 aliphatic rings. The van der Waals surface area contributed by atoms with Gasteiger partial charge in [0.15, 0.2) is 5.13 Å². The summed E-state index contributed by atoms with van der Waals surface area (Å²) < 4.78 is 0. The summed E-state index contributed by atoms with van der Waals surface area (Å²) in [6.45, 7) is 5.10. The number of aromatic nitrogens is 1. The average Bonchev–Trinajstić information content (AvgIpc) is 3.04. The Morgan fingerprint density at radius 3 is 2.76 bits per heavy atom. The van der Waals surface area contributed by atoms with E-state index in [1.165, 1.54) is 17.8 Å². The molecule has 0 aliphatic carbocycles. The molecule has 2 N–H and O–H groups in total. The van der Waals surface area contributed by atoms with Crippen molar-refractivity contribution in [2.45, 2.75) is 25.8 Å². The first-order valence-electron chi connectivity index (χ1n) is 7.37. The summed E-state index contributed by atoms with van der Waals surface area (Å²) in [4.78, 5) is 23.4. The van der Waals surface area contributed by atoms with Crippen molar-refractivity contribution in [2.75, 3.05) is 51.4 Å². The molecule has 2 rings (SSSR count). The molecule has 1 saturated heterocycles. The van der Waals surface area contributed by atoms with E-state index in [9.17, 15) is 4.79 Å². The maximum Gasteiger partial charge on any atom is 0.267 e. The lowest BCUT2D eigenvalue weighted by Crippen LogP contribution is -2.41. The van der Waals surface area contributed by atoms with Crippen molar-refractivity contribution >= 4 is 28.2 Å². The molecule has 0 saturated carbocycles. The lowest BCUT2D eigenvalue weighted by atomic mass is 10.2. The van der Waals surface area contributed by atoms with E-state index in [2.05, 4.69) is 16.8 Å². The minimum Gasteiger partial charge on any atom is -0.382 e. The Morgan fingerprint density at radius 1 is 1.48 bits per heavy atom. The monoisotopic (exact) mass is 311 g/mol. The smallest absolute Gasteiger partial charge is 0.267 e. The van der Waals surface area contributed by atoms with Gasteiger partial charge >= 0.3 is 0 Å². The van der Waals surface area contributed by atoms with Crippen LogP contribution >= 0.6 is 11.3 Å². The quantitative estimate of drug-likeness (QED) is 0.889. The molecular formula is C14H25N5OS. The molecule has 0 bridgehead atoms. The molecule has 118 valence electrons. The van der Waals surface area contributed by atoms with Crippen LogP contribution in [-0.4, -0.2) is 67.5 Å². The van der Waals surface area contributed by atoms with E-state index in [0.717, 1.165) is 31.2 Å². The Kier molecular flexibility index (Phi) is 5.05.